The second kappa shape index (κ2) is 8.48. The lowest BCUT2D eigenvalue weighted by molar-refractivity contribution is 0.0749. The van der Waals surface area contributed by atoms with Crippen LogP contribution in [0.25, 0.3) is 0 Å². The van der Waals surface area contributed by atoms with Gasteiger partial charge in [0.05, 0.1) is 0 Å². The van der Waals surface area contributed by atoms with Crippen LogP contribution in [0.5, 0.6) is 0 Å². The highest BCUT2D eigenvalue weighted by atomic mass is 35.5. The van der Waals surface area contributed by atoms with Crippen LogP contribution in [0.3, 0.4) is 0 Å². The molecule has 122 valence electrons. The Kier molecular flexibility index (Phi) is 6.35. The number of nitrogens with zero attached hydrogens (tertiary/aromatic N) is 3. The van der Waals surface area contributed by atoms with E-state index >= 15 is 0 Å². The molecule has 2 rings (SSSR count). The minimum atomic E-state index is -0.0599. The minimum Gasteiger partial charge on any atom is -0.337 e. The smallest absolute Gasteiger partial charge is 0.272 e. The van der Waals surface area contributed by atoms with Gasteiger partial charge in [-0.3, -0.25) is 4.79 Å². The van der Waals surface area contributed by atoms with Crippen LogP contribution < -0.4 is 5.32 Å². The maximum Gasteiger partial charge on any atom is 0.272 e. The summed E-state index contributed by atoms with van der Waals surface area (Å²) in [5.74, 6) is 0.335. The molecule has 0 radical (unpaired) electrons. The van der Waals surface area contributed by atoms with E-state index in [0.717, 1.165) is 31.6 Å². The van der Waals surface area contributed by atoms with Gasteiger partial charge in [0, 0.05) is 30.0 Å². The molecule has 0 aliphatic heterocycles. The minimum absolute atomic E-state index is 0.0599. The summed E-state index contributed by atoms with van der Waals surface area (Å²) in [6.07, 6.45) is 3.44. The van der Waals surface area contributed by atoms with E-state index in [2.05, 4.69) is 29.1 Å². The molecule has 5 nitrogen and oxygen atoms in total. The molecule has 1 N–H and O–H groups in total. The van der Waals surface area contributed by atoms with Gasteiger partial charge in [0.2, 0.25) is 5.95 Å². The zero-order chi connectivity index (χ0) is 16.7. The number of aromatic nitrogens is 2. The number of nitrogens with one attached hydrogen (secondary N) is 1. The summed E-state index contributed by atoms with van der Waals surface area (Å²) < 4.78 is 0. The molecule has 0 atom stereocenters. The fourth-order valence-corrected chi connectivity index (χ4v) is 2.34. The van der Waals surface area contributed by atoms with Gasteiger partial charge < -0.3 is 10.2 Å². The van der Waals surface area contributed by atoms with Gasteiger partial charge in [0.25, 0.3) is 5.91 Å². The van der Waals surface area contributed by atoms with Crippen molar-refractivity contribution >= 4 is 29.1 Å². The predicted molar refractivity (Wildman–Crippen MR) is 93.3 cm³/mol. The van der Waals surface area contributed by atoms with Gasteiger partial charge in [-0.1, -0.05) is 25.4 Å². The normalized spacial score (nSPS) is 10.4. The summed E-state index contributed by atoms with van der Waals surface area (Å²) >= 11 is 5.87. The van der Waals surface area contributed by atoms with E-state index < -0.39 is 0 Å². The van der Waals surface area contributed by atoms with Gasteiger partial charge >= 0.3 is 0 Å². The monoisotopic (exact) mass is 332 g/mol. The molecule has 0 fully saturated rings. The van der Waals surface area contributed by atoms with E-state index in [4.69, 9.17) is 11.6 Å². The van der Waals surface area contributed by atoms with Crippen molar-refractivity contribution in [3.8, 4) is 0 Å². The Morgan fingerprint density at radius 3 is 2.39 bits per heavy atom. The quantitative estimate of drug-likeness (QED) is 0.828. The summed E-state index contributed by atoms with van der Waals surface area (Å²) in [5.41, 5.74) is 1.22. The van der Waals surface area contributed by atoms with Gasteiger partial charge in [-0.15, -0.1) is 0 Å². The van der Waals surface area contributed by atoms with Crippen LogP contribution in [-0.2, 0) is 0 Å². The molecule has 1 aromatic carbocycles. The molecule has 1 heterocycles. The maximum absolute atomic E-state index is 12.6. The van der Waals surface area contributed by atoms with E-state index in [0.29, 0.717) is 16.7 Å². The van der Waals surface area contributed by atoms with E-state index in [1.54, 1.807) is 24.4 Å². The van der Waals surface area contributed by atoms with Crippen LogP contribution in [0, 0.1) is 0 Å². The van der Waals surface area contributed by atoms with Crippen molar-refractivity contribution in [2.75, 3.05) is 18.4 Å². The highest BCUT2D eigenvalue weighted by Crippen LogP contribution is 2.16. The Bertz CT molecular complexity index is 639. The second-order valence-corrected chi connectivity index (χ2v) is 5.63. The molecular formula is C17H21ClN4O. The third-order valence-corrected chi connectivity index (χ3v) is 3.50. The molecule has 0 saturated heterocycles. The van der Waals surface area contributed by atoms with Crippen LogP contribution >= 0.6 is 11.6 Å². The van der Waals surface area contributed by atoms with E-state index in [1.165, 1.54) is 0 Å². The molecule has 6 heteroatoms. The predicted octanol–water partition coefficient (Wildman–Crippen LogP) is 4.14. The largest absolute Gasteiger partial charge is 0.337 e. The Hall–Kier alpha value is -2.14. The van der Waals surface area contributed by atoms with Crippen LogP contribution in [0.4, 0.5) is 11.6 Å². The SMILES string of the molecule is CCCN(CCC)C(=O)c1ccnc(Nc2ccc(Cl)cc2)n1. The molecule has 1 amide bonds. The number of anilines is 2. The molecule has 0 unspecified atom stereocenters. The van der Waals surface area contributed by atoms with Crippen molar-refractivity contribution in [2.24, 2.45) is 0 Å². The average Bonchev–Trinajstić information content (AvgIpc) is 2.56. The fraction of sp³-hybridized carbons (Fsp3) is 0.353. The van der Waals surface area contributed by atoms with Gasteiger partial charge in [-0.25, -0.2) is 9.97 Å². The summed E-state index contributed by atoms with van der Waals surface area (Å²) in [6.45, 7) is 5.58. The van der Waals surface area contributed by atoms with Crippen LogP contribution in [0.2, 0.25) is 5.02 Å². The first-order valence-corrected chi connectivity index (χ1v) is 8.16. The van der Waals surface area contributed by atoms with Gasteiger partial charge in [-0.2, -0.15) is 0 Å². The summed E-state index contributed by atoms with van der Waals surface area (Å²) in [5, 5.41) is 3.74. The average molecular weight is 333 g/mol. The summed E-state index contributed by atoms with van der Waals surface area (Å²) in [7, 11) is 0. The number of benzene rings is 1. The molecule has 1 aromatic heterocycles. The van der Waals surface area contributed by atoms with Gasteiger partial charge in [0.15, 0.2) is 0 Å². The lowest BCUT2D eigenvalue weighted by Crippen LogP contribution is -2.33. The van der Waals surface area contributed by atoms with Gasteiger partial charge in [-0.05, 0) is 43.2 Å². The van der Waals surface area contributed by atoms with Crippen molar-refractivity contribution in [2.45, 2.75) is 26.7 Å². The third-order valence-electron chi connectivity index (χ3n) is 3.25. The lowest BCUT2D eigenvalue weighted by Gasteiger charge is -2.21. The summed E-state index contributed by atoms with van der Waals surface area (Å²) in [4.78, 5) is 22.9. The van der Waals surface area contributed by atoms with Crippen LogP contribution in [0.15, 0.2) is 36.5 Å². The lowest BCUT2D eigenvalue weighted by atomic mass is 10.3. The topological polar surface area (TPSA) is 58.1 Å². The number of rotatable bonds is 7. The molecule has 0 aliphatic rings. The molecule has 0 bridgehead atoms. The first-order valence-electron chi connectivity index (χ1n) is 7.79. The van der Waals surface area contributed by atoms with Crippen molar-refractivity contribution < 1.29 is 4.79 Å². The standard InChI is InChI=1S/C17H21ClN4O/c1-3-11-22(12-4-2)16(23)15-9-10-19-17(21-15)20-14-7-5-13(18)6-8-14/h5-10H,3-4,11-12H2,1-2H3,(H,19,20,21). The van der Waals surface area contributed by atoms with E-state index in [9.17, 15) is 4.79 Å². The summed E-state index contributed by atoms with van der Waals surface area (Å²) in [6, 6.07) is 8.88. The number of hydrogen-bond acceptors (Lipinski definition) is 4. The van der Waals surface area contributed by atoms with Crippen molar-refractivity contribution in [3.63, 3.8) is 0 Å². The highest BCUT2D eigenvalue weighted by molar-refractivity contribution is 6.30. The Balaban J connectivity index is 2.14. The Labute approximate surface area is 141 Å². The number of halogens is 1. The number of amides is 1. The van der Waals surface area contributed by atoms with E-state index in [-0.39, 0.29) is 5.91 Å². The third kappa shape index (κ3) is 4.93. The molecule has 0 spiro atoms. The maximum atomic E-state index is 12.6. The Morgan fingerprint density at radius 1 is 1.13 bits per heavy atom. The van der Waals surface area contributed by atoms with Crippen LogP contribution in [-0.4, -0.2) is 33.9 Å². The molecule has 0 saturated carbocycles. The van der Waals surface area contributed by atoms with Crippen LogP contribution in [0.1, 0.15) is 37.2 Å². The number of hydrogen-bond donors (Lipinski definition) is 1. The zero-order valence-corrected chi connectivity index (χ0v) is 14.2. The molecule has 2 aromatic rings. The molecular weight excluding hydrogens is 312 g/mol. The van der Waals surface area contributed by atoms with Crippen molar-refractivity contribution in [3.05, 3.63) is 47.2 Å². The first kappa shape index (κ1) is 17.2. The zero-order valence-electron chi connectivity index (χ0n) is 13.4. The fourth-order valence-electron chi connectivity index (χ4n) is 2.22. The number of carbonyl (C=O) groups excluding carboxylic acids is 1. The Morgan fingerprint density at radius 2 is 1.78 bits per heavy atom. The number of carbonyl (C=O) groups is 1. The molecule has 23 heavy (non-hydrogen) atoms. The highest BCUT2D eigenvalue weighted by Gasteiger charge is 2.16. The van der Waals surface area contributed by atoms with Crippen molar-refractivity contribution in [1.29, 1.82) is 0 Å². The van der Waals surface area contributed by atoms with Crippen molar-refractivity contribution in [1.82, 2.24) is 14.9 Å². The van der Waals surface area contributed by atoms with E-state index in [1.807, 2.05) is 17.0 Å². The van der Waals surface area contributed by atoms with Gasteiger partial charge in [0.1, 0.15) is 5.69 Å². The second-order valence-electron chi connectivity index (χ2n) is 5.19. The first-order chi connectivity index (χ1) is 11.1. The molecule has 0 aliphatic carbocycles.